The van der Waals surface area contributed by atoms with E-state index in [1.807, 2.05) is 38.1 Å². The van der Waals surface area contributed by atoms with E-state index in [4.69, 9.17) is 27.9 Å². The molecular weight excluding hydrogens is 309 g/mol. The van der Waals surface area contributed by atoms with Crippen molar-refractivity contribution in [1.82, 2.24) is 4.98 Å². The number of aromatic nitrogens is 1. The molecule has 0 spiro atoms. The summed E-state index contributed by atoms with van der Waals surface area (Å²) in [7, 11) is 1.32. The standard InChI is InChI=1S/C16H15Cl2NO2/c1-9-6-4-5-7-11(9)8-12-10(2)13(17)15(18)19-14(12)16(20)21-3/h4-7H,8H2,1-3H3. The lowest BCUT2D eigenvalue weighted by Gasteiger charge is -2.14. The molecule has 0 aliphatic heterocycles. The van der Waals surface area contributed by atoms with Crippen LogP contribution >= 0.6 is 23.2 Å². The number of aryl methyl sites for hydroxylation is 1. The van der Waals surface area contributed by atoms with Gasteiger partial charge >= 0.3 is 5.97 Å². The number of pyridine rings is 1. The zero-order valence-electron chi connectivity index (χ0n) is 12.0. The number of hydrogen-bond acceptors (Lipinski definition) is 3. The smallest absolute Gasteiger partial charge is 0.357 e. The number of rotatable bonds is 3. The fourth-order valence-corrected chi connectivity index (χ4v) is 2.54. The van der Waals surface area contributed by atoms with E-state index in [0.717, 1.165) is 22.3 Å². The van der Waals surface area contributed by atoms with Crippen LogP contribution in [-0.2, 0) is 11.2 Å². The largest absolute Gasteiger partial charge is 0.464 e. The molecule has 2 aromatic rings. The highest BCUT2D eigenvalue weighted by molar-refractivity contribution is 6.41. The van der Waals surface area contributed by atoms with Gasteiger partial charge in [0.15, 0.2) is 5.69 Å². The van der Waals surface area contributed by atoms with E-state index in [-0.39, 0.29) is 10.8 Å². The number of esters is 1. The van der Waals surface area contributed by atoms with Gasteiger partial charge in [-0.3, -0.25) is 0 Å². The minimum Gasteiger partial charge on any atom is -0.464 e. The van der Waals surface area contributed by atoms with E-state index in [9.17, 15) is 4.79 Å². The Kier molecular flexibility index (Phi) is 4.86. The number of hydrogen-bond donors (Lipinski definition) is 0. The maximum absolute atomic E-state index is 11.9. The first kappa shape index (κ1) is 15.8. The maximum atomic E-state index is 11.9. The Hall–Kier alpha value is -1.58. The third-order valence-corrected chi connectivity index (χ3v) is 4.30. The summed E-state index contributed by atoms with van der Waals surface area (Å²) in [4.78, 5) is 16.0. The summed E-state index contributed by atoms with van der Waals surface area (Å²) in [5, 5.41) is 0.482. The van der Waals surface area contributed by atoms with Crippen LogP contribution in [-0.4, -0.2) is 18.1 Å². The number of methoxy groups -OCH3 is 1. The average Bonchev–Trinajstić information content (AvgIpc) is 2.48. The molecule has 110 valence electrons. The fraction of sp³-hybridized carbons (Fsp3) is 0.250. The Morgan fingerprint density at radius 1 is 1.24 bits per heavy atom. The SMILES string of the molecule is COC(=O)c1nc(Cl)c(Cl)c(C)c1Cc1ccccc1C. The molecule has 3 nitrogen and oxygen atoms in total. The normalized spacial score (nSPS) is 10.5. The Morgan fingerprint density at radius 3 is 2.52 bits per heavy atom. The lowest BCUT2D eigenvalue weighted by Crippen LogP contribution is -2.12. The molecule has 0 saturated heterocycles. The minimum absolute atomic E-state index is 0.114. The minimum atomic E-state index is -0.514. The molecule has 0 bridgehead atoms. The molecule has 2 rings (SSSR count). The Balaban J connectivity index is 2.59. The van der Waals surface area contributed by atoms with Crippen molar-refractivity contribution < 1.29 is 9.53 Å². The molecule has 0 saturated carbocycles. The Morgan fingerprint density at radius 2 is 1.90 bits per heavy atom. The van der Waals surface area contributed by atoms with Crippen LogP contribution in [0.25, 0.3) is 0 Å². The second-order valence-corrected chi connectivity index (χ2v) is 5.50. The summed E-state index contributed by atoms with van der Waals surface area (Å²) in [5.41, 5.74) is 3.95. The summed E-state index contributed by atoms with van der Waals surface area (Å²) in [6.45, 7) is 3.85. The highest BCUT2D eigenvalue weighted by Crippen LogP contribution is 2.30. The van der Waals surface area contributed by atoms with Crippen LogP contribution in [0.3, 0.4) is 0 Å². The molecule has 0 N–H and O–H groups in total. The summed E-state index contributed by atoms with van der Waals surface area (Å²) >= 11 is 12.1. The average molecular weight is 324 g/mol. The van der Waals surface area contributed by atoms with E-state index in [2.05, 4.69) is 4.98 Å². The first-order chi connectivity index (χ1) is 9.95. The monoisotopic (exact) mass is 323 g/mol. The molecule has 0 aliphatic rings. The molecule has 0 aliphatic carbocycles. The van der Waals surface area contributed by atoms with Crippen LogP contribution in [0, 0.1) is 13.8 Å². The van der Waals surface area contributed by atoms with Gasteiger partial charge in [0, 0.05) is 6.42 Å². The van der Waals surface area contributed by atoms with E-state index in [0.29, 0.717) is 11.4 Å². The quantitative estimate of drug-likeness (QED) is 0.621. The van der Waals surface area contributed by atoms with Crippen molar-refractivity contribution in [2.45, 2.75) is 20.3 Å². The van der Waals surface area contributed by atoms with Crippen molar-refractivity contribution in [1.29, 1.82) is 0 Å². The van der Waals surface area contributed by atoms with E-state index in [1.54, 1.807) is 0 Å². The third kappa shape index (κ3) is 3.20. The summed E-state index contributed by atoms with van der Waals surface area (Å²) in [5.74, 6) is -0.514. The van der Waals surface area contributed by atoms with Gasteiger partial charge in [0.05, 0.1) is 12.1 Å². The highest BCUT2D eigenvalue weighted by atomic mass is 35.5. The highest BCUT2D eigenvalue weighted by Gasteiger charge is 2.21. The van der Waals surface area contributed by atoms with Crippen molar-refractivity contribution in [3.8, 4) is 0 Å². The van der Waals surface area contributed by atoms with Gasteiger partial charge in [0.1, 0.15) is 5.15 Å². The van der Waals surface area contributed by atoms with Crippen molar-refractivity contribution in [2.24, 2.45) is 0 Å². The predicted octanol–water partition coefficient (Wildman–Crippen LogP) is 4.38. The van der Waals surface area contributed by atoms with Crippen molar-refractivity contribution in [3.05, 3.63) is 62.4 Å². The molecular formula is C16H15Cl2NO2. The van der Waals surface area contributed by atoms with Crippen LogP contribution in [0.15, 0.2) is 24.3 Å². The summed E-state index contributed by atoms with van der Waals surface area (Å²) in [6.07, 6.45) is 0.548. The lowest BCUT2D eigenvalue weighted by molar-refractivity contribution is 0.0592. The van der Waals surface area contributed by atoms with Gasteiger partial charge in [-0.1, -0.05) is 47.5 Å². The molecule has 5 heteroatoms. The molecule has 0 radical (unpaired) electrons. The molecule has 0 atom stereocenters. The predicted molar refractivity (Wildman–Crippen MR) is 84.3 cm³/mol. The number of halogens is 2. The van der Waals surface area contributed by atoms with Crippen LogP contribution < -0.4 is 0 Å². The molecule has 1 aromatic carbocycles. The third-order valence-electron chi connectivity index (χ3n) is 3.47. The van der Waals surface area contributed by atoms with Gasteiger partial charge in [-0.25, -0.2) is 9.78 Å². The Labute approximate surface area is 133 Å². The van der Waals surface area contributed by atoms with Gasteiger partial charge in [0.2, 0.25) is 0 Å². The van der Waals surface area contributed by atoms with Crippen LogP contribution in [0.4, 0.5) is 0 Å². The molecule has 0 amide bonds. The zero-order valence-corrected chi connectivity index (χ0v) is 13.5. The molecule has 0 unspecified atom stereocenters. The Bertz CT molecular complexity index is 699. The molecule has 0 fully saturated rings. The molecule has 21 heavy (non-hydrogen) atoms. The number of carbonyl (C=O) groups excluding carboxylic acids is 1. The molecule has 1 heterocycles. The van der Waals surface area contributed by atoms with Gasteiger partial charge in [-0.15, -0.1) is 0 Å². The van der Waals surface area contributed by atoms with E-state index < -0.39 is 5.97 Å². The second-order valence-electron chi connectivity index (χ2n) is 4.76. The summed E-state index contributed by atoms with van der Waals surface area (Å²) in [6, 6.07) is 7.96. The van der Waals surface area contributed by atoms with E-state index >= 15 is 0 Å². The van der Waals surface area contributed by atoms with Crippen LogP contribution in [0.1, 0.15) is 32.7 Å². The summed E-state index contributed by atoms with van der Waals surface area (Å²) < 4.78 is 4.79. The number of carbonyl (C=O) groups is 1. The van der Waals surface area contributed by atoms with E-state index in [1.165, 1.54) is 7.11 Å². The van der Waals surface area contributed by atoms with Gasteiger partial charge in [0.25, 0.3) is 0 Å². The van der Waals surface area contributed by atoms with Gasteiger partial charge < -0.3 is 4.74 Å². The van der Waals surface area contributed by atoms with Crippen molar-refractivity contribution in [3.63, 3.8) is 0 Å². The number of ether oxygens (including phenoxy) is 1. The molecule has 1 aromatic heterocycles. The van der Waals surface area contributed by atoms with Crippen molar-refractivity contribution in [2.75, 3.05) is 7.11 Å². The first-order valence-electron chi connectivity index (χ1n) is 6.43. The lowest BCUT2D eigenvalue weighted by atomic mass is 9.96. The van der Waals surface area contributed by atoms with Gasteiger partial charge in [-0.2, -0.15) is 0 Å². The topological polar surface area (TPSA) is 39.2 Å². The van der Waals surface area contributed by atoms with Gasteiger partial charge in [-0.05, 0) is 36.1 Å². The first-order valence-corrected chi connectivity index (χ1v) is 7.18. The zero-order chi connectivity index (χ0) is 15.6. The second kappa shape index (κ2) is 6.46. The maximum Gasteiger partial charge on any atom is 0.357 e. The fourth-order valence-electron chi connectivity index (χ4n) is 2.16. The number of benzene rings is 1. The van der Waals surface area contributed by atoms with Crippen molar-refractivity contribution >= 4 is 29.2 Å². The van der Waals surface area contributed by atoms with Crippen LogP contribution in [0.2, 0.25) is 10.2 Å². The number of nitrogens with zero attached hydrogens (tertiary/aromatic N) is 1. The van der Waals surface area contributed by atoms with Crippen LogP contribution in [0.5, 0.6) is 0 Å².